The maximum atomic E-state index is 5.74. The smallest absolute Gasteiger partial charge is 0.229 e. The first kappa shape index (κ1) is 27.8. The molecule has 10 N–H and O–H groups in total. The average Bonchev–Trinajstić information content (AvgIpc) is 2.89. The zero-order valence-electron chi connectivity index (χ0n) is 22.1. The van der Waals surface area contributed by atoms with E-state index in [0.717, 1.165) is 0 Å². The van der Waals surface area contributed by atoms with E-state index in [1.807, 2.05) is 20.8 Å². The third kappa shape index (κ3) is 9.03. The van der Waals surface area contributed by atoms with Crippen molar-refractivity contribution in [3.63, 3.8) is 0 Å². The van der Waals surface area contributed by atoms with Crippen molar-refractivity contribution in [3.05, 3.63) is 0 Å². The highest BCUT2D eigenvalue weighted by Gasteiger charge is 2.08. The molecule has 0 unspecified atom stereocenters. The van der Waals surface area contributed by atoms with Crippen molar-refractivity contribution in [1.29, 1.82) is 0 Å². The van der Waals surface area contributed by atoms with Crippen LogP contribution in [0.5, 0.6) is 0 Å². The number of nitrogens with zero attached hydrogens (tertiary/aromatic N) is 9. The highest BCUT2D eigenvalue weighted by Crippen LogP contribution is 2.11. The molecule has 0 amide bonds. The summed E-state index contributed by atoms with van der Waals surface area (Å²) in [6, 6.07) is 0. The van der Waals surface area contributed by atoms with Gasteiger partial charge in [-0.1, -0.05) is 0 Å². The van der Waals surface area contributed by atoms with Gasteiger partial charge in [-0.25, -0.2) is 0 Å². The molecule has 0 bridgehead atoms. The van der Waals surface area contributed by atoms with Crippen LogP contribution in [0.3, 0.4) is 0 Å². The Hall–Kier alpha value is -4.77. The van der Waals surface area contributed by atoms with E-state index in [-0.39, 0.29) is 5.95 Å². The van der Waals surface area contributed by atoms with E-state index in [9.17, 15) is 0 Å². The van der Waals surface area contributed by atoms with Gasteiger partial charge in [0.15, 0.2) is 0 Å². The molecule has 18 heteroatoms. The number of anilines is 9. The predicted molar refractivity (Wildman–Crippen MR) is 150 cm³/mol. The van der Waals surface area contributed by atoms with Crippen molar-refractivity contribution in [1.82, 2.24) is 44.9 Å². The molecule has 0 fully saturated rings. The highest BCUT2D eigenvalue weighted by atomic mass is 15.3. The summed E-state index contributed by atoms with van der Waals surface area (Å²) in [7, 11) is 1.75. The van der Waals surface area contributed by atoms with E-state index in [1.165, 1.54) is 0 Å². The van der Waals surface area contributed by atoms with Crippen LogP contribution in [-0.2, 0) is 0 Å². The van der Waals surface area contributed by atoms with E-state index >= 15 is 0 Å². The van der Waals surface area contributed by atoms with Crippen molar-refractivity contribution in [2.24, 2.45) is 0 Å². The number of hydrogen-bond acceptors (Lipinski definition) is 18. The first-order valence-corrected chi connectivity index (χ1v) is 12.4. The van der Waals surface area contributed by atoms with Gasteiger partial charge in [0.05, 0.1) is 0 Å². The SMILES string of the molecule is CCNc1nc(N)nc(NCCNc2nc(NCC)nc(NCCNc3nc(NC)nc(NCC)n3)n2)n1. The average molecular weight is 529 g/mol. The second-order valence-electron chi connectivity index (χ2n) is 7.50. The lowest BCUT2D eigenvalue weighted by atomic mass is 10.6. The van der Waals surface area contributed by atoms with Crippen LogP contribution in [0.2, 0.25) is 0 Å². The molecule has 0 aliphatic heterocycles. The fourth-order valence-corrected chi connectivity index (χ4v) is 2.98. The van der Waals surface area contributed by atoms with E-state index in [0.29, 0.717) is 93.4 Å². The Labute approximate surface area is 220 Å². The first-order chi connectivity index (χ1) is 18.5. The molecule has 38 heavy (non-hydrogen) atoms. The summed E-state index contributed by atoms with van der Waals surface area (Å²) in [6.07, 6.45) is 0. The molecule has 206 valence electrons. The molecule has 0 aliphatic carbocycles. The molecule has 0 atom stereocenters. The van der Waals surface area contributed by atoms with Crippen molar-refractivity contribution in [2.75, 3.05) is 101 Å². The van der Waals surface area contributed by atoms with Crippen LogP contribution in [-0.4, -0.2) is 97.7 Å². The van der Waals surface area contributed by atoms with Gasteiger partial charge in [0, 0.05) is 52.9 Å². The monoisotopic (exact) mass is 528 g/mol. The van der Waals surface area contributed by atoms with Crippen molar-refractivity contribution < 1.29 is 0 Å². The standard InChI is InChI=1S/C20H36N18/c1-5-23-14-30-12(21)31-17(34-14)26-8-9-28-19-36-16(25-7-3)37-20(38-19)29-11-10-27-18-33-13(22-4)32-15(35-18)24-6-2/h5-11H2,1-4H3,(H4,21,23,26,30,31,34)(H3,22,24,27,32,33,35)(H3,25,28,29,36,37,38). The maximum absolute atomic E-state index is 5.74. The fraction of sp³-hybridized carbons (Fsp3) is 0.550. The van der Waals surface area contributed by atoms with E-state index in [1.54, 1.807) is 7.05 Å². The first-order valence-electron chi connectivity index (χ1n) is 12.4. The minimum absolute atomic E-state index is 0.139. The normalized spacial score (nSPS) is 10.4. The second-order valence-corrected chi connectivity index (χ2v) is 7.50. The van der Waals surface area contributed by atoms with Gasteiger partial charge >= 0.3 is 0 Å². The molecule has 0 saturated heterocycles. The molecule has 0 aliphatic rings. The van der Waals surface area contributed by atoms with Crippen LogP contribution < -0.4 is 48.3 Å². The number of nitrogens with one attached hydrogen (secondary N) is 8. The quantitative estimate of drug-likeness (QED) is 0.106. The lowest BCUT2D eigenvalue weighted by Crippen LogP contribution is -2.20. The number of rotatable bonds is 17. The topological polar surface area (TPSA) is 238 Å². The third-order valence-electron chi connectivity index (χ3n) is 4.53. The summed E-state index contributed by atoms with van der Waals surface area (Å²) < 4.78 is 0. The number of aromatic nitrogens is 9. The minimum Gasteiger partial charge on any atom is -0.368 e. The predicted octanol–water partition coefficient (Wildman–Crippen LogP) is 0.209. The van der Waals surface area contributed by atoms with Gasteiger partial charge in [-0.3, -0.25) is 0 Å². The molecule has 3 heterocycles. The Morgan fingerprint density at radius 2 is 0.684 bits per heavy atom. The molecule has 0 radical (unpaired) electrons. The Bertz CT molecular complexity index is 1140. The molecular formula is C20H36N18. The largest absolute Gasteiger partial charge is 0.368 e. The van der Waals surface area contributed by atoms with Gasteiger partial charge in [-0.2, -0.15) is 44.9 Å². The summed E-state index contributed by atoms with van der Waals surface area (Å²) in [5, 5.41) is 24.8. The molecule has 3 aromatic heterocycles. The summed E-state index contributed by atoms with van der Waals surface area (Å²) >= 11 is 0. The maximum Gasteiger partial charge on any atom is 0.229 e. The Kier molecular flexibility index (Phi) is 10.8. The van der Waals surface area contributed by atoms with E-state index in [2.05, 4.69) is 87.4 Å². The lowest BCUT2D eigenvalue weighted by Gasteiger charge is -2.12. The second kappa shape index (κ2) is 14.7. The summed E-state index contributed by atoms with van der Waals surface area (Å²) in [5.74, 6) is 3.67. The molecule has 0 spiro atoms. The van der Waals surface area contributed by atoms with Gasteiger partial charge in [0.2, 0.25) is 53.5 Å². The van der Waals surface area contributed by atoms with Crippen LogP contribution in [0, 0.1) is 0 Å². The van der Waals surface area contributed by atoms with Crippen molar-refractivity contribution in [3.8, 4) is 0 Å². The Morgan fingerprint density at radius 3 is 1.00 bits per heavy atom. The van der Waals surface area contributed by atoms with Crippen LogP contribution in [0.15, 0.2) is 0 Å². The van der Waals surface area contributed by atoms with Crippen LogP contribution in [0.25, 0.3) is 0 Å². The fourth-order valence-electron chi connectivity index (χ4n) is 2.98. The number of nitrogens with two attached hydrogens (primary N) is 1. The lowest BCUT2D eigenvalue weighted by molar-refractivity contribution is 0.941. The third-order valence-corrected chi connectivity index (χ3v) is 4.53. The summed E-state index contributed by atoms with van der Waals surface area (Å²) in [6.45, 7) is 9.98. The van der Waals surface area contributed by atoms with Crippen molar-refractivity contribution >= 4 is 53.5 Å². The molecule has 3 aromatic rings. The Balaban J connectivity index is 1.52. The van der Waals surface area contributed by atoms with E-state index in [4.69, 9.17) is 5.73 Å². The van der Waals surface area contributed by atoms with Gasteiger partial charge in [-0.05, 0) is 20.8 Å². The Morgan fingerprint density at radius 1 is 0.421 bits per heavy atom. The van der Waals surface area contributed by atoms with Crippen LogP contribution in [0.1, 0.15) is 20.8 Å². The molecule has 3 rings (SSSR count). The van der Waals surface area contributed by atoms with Crippen molar-refractivity contribution in [2.45, 2.75) is 20.8 Å². The van der Waals surface area contributed by atoms with E-state index < -0.39 is 0 Å². The highest BCUT2D eigenvalue weighted by molar-refractivity contribution is 5.44. The molecule has 18 nitrogen and oxygen atoms in total. The molecular weight excluding hydrogens is 492 g/mol. The molecule has 0 aromatic carbocycles. The zero-order valence-corrected chi connectivity index (χ0v) is 22.1. The summed E-state index contributed by atoms with van der Waals surface area (Å²) in [4.78, 5) is 38.6. The van der Waals surface area contributed by atoms with Crippen LogP contribution in [0.4, 0.5) is 53.5 Å². The van der Waals surface area contributed by atoms with Gasteiger partial charge in [-0.15, -0.1) is 0 Å². The zero-order chi connectivity index (χ0) is 27.2. The van der Waals surface area contributed by atoms with Gasteiger partial charge in [0.25, 0.3) is 0 Å². The number of hydrogen-bond donors (Lipinski definition) is 9. The number of nitrogen functional groups attached to an aromatic ring is 1. The minimum atomic E-state index is 0.139. The summed E-state index contributed by atoms with van der Waals surface area (Å²) in [5.41, 5.74) is 5.74. The molecule has 0 saturated carbocycles. The van der Waals surface area contributed by atoms with Crippen LogP contribution >= 0.6 is 0 Å². The van der Waals surface area contributed by atoms with Gasteiger partial charge in [0.1, 0.15) is 0 Å². The van der Waals surface area contributed by atoms with Gasteiger partial charge < -0.3 is 48.3 Å².